The van der Waals surface area contributed by atoms with Crippen LogP contribution in [0.2, 0.25) is 0 Å². The minimum Gasteiger partial charge on any atom is -0.495 e. The largest absolute Gasteiger partial charge is 0.495 e. The quantitative estimate of drug-likeness (QED) is 0.599. The first-order valence-electron chi connectivity index (χ1n) is 5.08. The number of hydrogen-bond donors (Lipinski definition) is 3. The Labute approximate surface area is 105 Å². The molecule has 18 heavy (non-hydrogen) atoms. The van der Waals surface area contributed by atoms with Crippen molar-refractivity contribution in [2.75, 3.05) is 19.4 Å². The van der Waals surface area contributed by atoms with Gasteiger partial charge in [0.2, 0.25) is 15.9 Å². The van der Waals surface area contributed by atoms with Gasteiger partial charge >= 0.3 is 0 Å². The first-order valence-corrected chi connectivity index (χ1v) is 6.56. The lowest BCUT2D eigenvalue weighted by Crippen LogP contribution is -2.28. The molecule has 1 amide bonds. The number of rotatable bonds is 6. The van der Waals surface area contributed by atoms with Crippen molar-refractivity contribution < 1.29 is 17.9 Å². The second kappa shape index (κ2) is 5.69. The van der Waals surface area contributed by atoms with Gasteiger partial charge in [0.25, 0.3) is 0 Å². The summed E-state index contributed by atoms with van der Waals surface area (Å²) in [5.41, 5.74) is 10.7. The maximum atomic E-state index is 11.8. The normalized spacial score (nSPS) is 11.2. The zero-order valence-electron chi connectivity index (χ0n) is 9.84. The summed E-state index contributed by atoms with van der Waals surface area (Å²) >= 11 is 0. The maximum Gasteiger partial charge on any atom is 0.240 e. The van der Waals surface area contributed by atoms with E-state index in [1.807, 2.05) is 0 Å². The third-order valence-corrected chi connectivity index (χ3v) is 3.63. The first kappa shape index (κ1) is 14.3. The molecule has 0 unspecified atom stereocenters. The molecule has 7 nitrogen and oxygen atoms in total. The van der Waals surface area contributed by atoms with E-state index in [4.69, 9.17) is 16.2 Å². The minimum atomic E-state index is -3.70. The number of methoxy groups -OCH3 is 1. The zero-order valence-corrected chi connectivity index (χ0v) is 10.7. The molecule has 1 aromatic rings. The average Bonchev–Trinajstić information content (AvgIpc) is 2.28. The van der Waals surface area contributed by atoms with Crippen LogP contribution in [0.1, 0.15) is 6.42 Å². The molecule has 0 bridgehead atoms. The molecule has 0 heterocycles. The first-order chi connectivity index (χ1) is 8.36. The maximum absolute atomic E-state index is 11.8. The highest BCUT2D eigenvalue weighted by molar-refractivity contribution is 7.89. The molecule has 0 radical (unpaired) electrons. The van der Waals surface area contributed by atoms with Gasteiger partial charge in [0.1, 0.15) is 5.75 Å². The van der Waals surface area contributed by atoms with Crippen molar-refractivity contribution in [3.8, 4) is 5.75 Å². The van der Waals surface area contributed by atoms with Crippen molar-refractivity contribution in [3.05, 3.63) is 18.2 Å². The monoisotopic (exact) mass is 273 g/mol. The lowest BCUT2D eigenvalue weighted by Gasteiger charge is -2.08. The van der Waals surface area contributed by atoms with Crippen LogP contribution >= 0.6 is 0 Å². The van der Waals surface area contributed by atoms with Crippen molar-refractivity contribution >= 4 is 21.6 Å². The SMILES string of the molecule is COc1ccc(S(=O)(=O)NCCC(N)=O)cc1N. The van der Waals surface area contributed by atoms with Gasteiger partial charge in [-0.2, -0.15) is 0 Å². The summed E-state index contributed by atoms with van der Waals surface area (Å²) in [6.07, 6.45) is -0.0646. The van der Waals surface area contributed by atoms with E-state index in [1.54, 1.807) is 0 Å². The fraction of sp³-hybridized carbons (Fsp3) is 0.300. The molecule has 0 spiro atoms. The summed E-state index contributed by atoms with van der Waals surface area (Å²) in [6.45, 7) is -0.0520. The van der Waals surface area contributed by atoms with E-state index in [-0.39, 0.29) is 23.5 Å². The Morgan fingerprint density at radius 3 is 2.61 bits per heavy atom. The van der Waals surface area contributed by atoms with Gasteiger partial charge in [-0.1, -0.05) is 0 Å². The van der Waals surface area contributed by atoms with Crippen LogP contribution < -0.4 is 20.9 Å². The number of primary amides is 1. The molecule has 0 aliphatic rings. The van der Waals surface area contributed by atoms with E-state index >= 15 is 0 Å². The van der Waals surface area contributed by atoms with Crippen LogP contribution in [0.3, 0.4) is 0 Å². The van der Waals surface area contributed by atoms with Gasteiger partial charge in [0.05, 0.1) is 17.7 Å². The van der Waals surface area contributed by atoms with Crippen LogP contribution in [0.5, 0.6) is 5.75 Å². The van der Waals surface area contributed by atoms with Gasteiger partial charge in [-0.05, 0) is 18.2 Å². The Bertz CT molecular complexity index is 542. The minimum absolute atomic E-state index is 0.00488. The van der Waals surface area contributed by atoms with E-state index < -0.39 is 15.9 Å². The van der Waals surface area contributed by atoms with Crippen LogP contribution in [0.25, 0.3) is 0 Å². The standard InChI is InChI=1S/C10H15N3O4S/c1-17-9-3-2-7(6-8(9)11)18(15,16)13-5-4-10(12)14/h2-3,6,13H,4-5,11H2,1H3,(H2,12,14). The van der Waals surface area contributed by atoms with Gasteiger partial charge in [-0.25, -0.2) is 13.1 Å². The average molecular weight is 273 g/mol. The number of nitrogens with two attached hydrogens (primary N) is 2. The number of hydrogen-bond acceptors (Lipinski definition) is 5. The van der Waals surface area contributed by atoms with Gasteiger partial charge in [-0.15, -0.1) is 0 Å². The molecule has 0 atom stereocenters. The second-order valence-electron chi connectivity index (χ2n) is 3.52. The number of carbonyl (C=O) groups is 1. The summed E-state index contributed by atoms with van der Waals surface area (Å²) < 4.78 is 30.8. The molecule has 0 aliphatic heterocycles. The predicted molar refractivity (Wildman–Crippen MR) is 66.4 cm³/mol. The van der Waals surface area contributed by atoms with Gasteiger partial charge < -0.3 is 16.2 Å². The van der Waals surface area contributed by atoms with Crippen molar-refractivity contribution in [2.24, 2.45) is 5.73 Å². The predicted octanol–water partition coefficient (Wildman–Crippen LogP) is -0.569. The Kier molecular flexibility index (Phi) is 4.51. The molecule has 0 fully saturated rings. The van der Waals surface area contributed by atoms with Crippen molar-refractivity contribution in [2.45, 2.75) is 11.3 Å². The number of benzene rings is 1. The van der Waals surface area contributed by atoms with E-state index in [0.717, 1.165) is 0 Å². The number of sulfonamides is 1. The molecular weight excluding hydrogens is 258 g/mol. The number of nitrogens with one attached hydrogen (secondary N) is 1. The second-order valence-corrected chi connectivity index (χ2v) is 5.28. The van der Waals surface area contributed by atoms with E-state index in [2.05, 4.69) is 4.72 Å². The molecular formula is C10H15N3O4S. The van der Waals surface area contributed by atoms with Crippen LogP contribution in [-0.2, 0) is 14.8 Å². The molecule has 8 heteroatoms. The number of ether oxygens (including phenoxy) is 1. The van der Waals surface area contributed by atoms with E-state index in [0.29, 0.717) is 5.75 Å². The topological polar surface area (TPSA) is 125 Å². The summed E-state index contributed by atoms with van der Waals surface area (Å²) in [6, 6.07) is 4.10. The van der Waals surface area contributed by atoms with Crippen molar-refractivity contribution in [3.63, 3.8) is 0 Å². The molecule has 1 rings (SSSR count). The Morgan fingerprint density at radius 1 is 1.44 bits per heavy atom. The van der Waals surface area contributed by atoms with Crippen LogP contribution in [0, 0.1) is 0 Å². The fourth-order valence-electron chi connectivity index (χ4n) is 1.27. The Balaban J connectivity index is 2.85. The fourth-order valence-corrected chi connectivity index (χ4v) is 2.34. The third-order valence-electron chi connectivity index (χ3n) is 2.17. The number of nitrogen functional groups attached to an aromatic ring is 1. The van der Waals surface area contributed by atoms with Crippen LogP contribution in [0.4, 0.5) is 5.69 Å². The smallest absolute Gasteiger partial charge is 0.240 e. The number of anilines is 1. The van der Waals surface area contributed by atoms with Gasteiger partial charge in [-0.3, -0.25) is 4.79 Å². The Hall–Kier alpha value is -1.80. The van der Waals surface area contributed by atoms with Gasteiger partial charge in [0, 0.05) is 13.0 Å². The number of carbonyl (C=O) groups excluding carboxylic acids is 1. The molecule has 5 N–H and O–H groups in total. The molecule has 0 aromatic heterocycles. The van der Waals surface area contributed by atoms with Crippen LogP contribution in [0.15, 0.2) is 23.1 Å². The Morgan fingerprint density at radius 2 is 2.11 bits per heavy atom. The summed E-state index contributed by atoms with van der Waals surface area (Å²) in [5, 5.41) is 0. The molecule has 0 saturated carbocycles. The summed E-state index contributed by atoms with van der Waals surface area (Å²) in [7, 11) is -2.26. The number of amides is 1. The highest BCUT2D eigenvalue weighted by atomic mass is 32.2. The highest BCUT2D eigenvalue weighted by Gasteiger charge is 2.15. The van der Waals surface area contributed by atoms with Crippen molar-refractivity contribution in [1.82, 2.24) is 4.72 Å². The van der Waals surface area contributed by atoms with Gasteiger partial charge in [0.15, 0.2) is 0 Å². The molecule has 0 saturated heterocycles. The third kappa shape index (κ3) is 3.60. The molecule has 0 aliphatic carbocycles. The van der Waals surface area contributed by atoms with Crippen LogP contribution in [-0.4, -0.2) is 28.0 Å². The zero-order chi connectivity index (χ0) is 13.8. The van der Waals surface area contributed by atoms with E-state index in [9.17, 15) is 13.2 Å². The summed E-state index contributed by atoms with van der Waals surface area (Å²) in [5.74, 6) is -0.182. The lowest BCUT2D eigenvalue weighted by molar-refractivity contribution is -0.117. The lowest BCUT2D eigenvalue weighted by atomic mass is 10.3. The highest BCUT2D eigenvalue weighted by Crippen LogP contribution is 2.24. The molecule has 100 valence electrons. The molecule has 1 aromatic carbocycles. The van der Waals surface area contributed by atoms with E-state index in [1.165, 1.54) is 25.3 Å². The van der Waals surface area contributed by atoms with Crippen molar-refractivity contribution in [1.29, 1.82) is 0 Å². The summed E-state index contributed by atoms with van der Waals surface area (Å²) in [4.78, 5) is 10.5.